The van der Waals surface area contributed by atoms with Crippen molar-refractivity contribution in [2.24, 2.45) is 0 Å². The van der Waals surface area contributed by atoms with Crippen LogP contribution in [0.3, 0.4) is 0 Å². The van der Waals surface area contributed by atoms with Gasteiger partial charge in [-0.1, -0.05) is 12.1 Å². The number of rotatable bonds is 6. The first-order valence-corrected chi connectivity index (χ1v) is 11.6. The number of amides is 2. The Bertz CT molecular complexity index is 1180. The highest BCUT2D eigenvalue weighted by atomic mass is 16.2. The molecule has 2 aromatic heterocycles. The van der Waals surface area contributed by atoms with Crippen molar-refractivity contribution in [2.75, 3.05) is 35.2 Å². The first kappa shape index (κ1) is 21.8. The molecule has 1 aromatic carbocycles. The molecule has 9 heteroatoms. The summed E-state index contributed by atoms with van der Waals surface area (Å²) in [5, 5.41) is 6.02. The Morgan fingerprint density at radius 3 is 2.79 bits per heavy atom. The van der Waals surface area contributed by atoms with E-state index in [0.717, 1.165) is 37.3 Å². The number of benzene rings is 1. The minimum Gasteiger partial charge on any atom is -0.354 e. The Labute approximate surface area is 198 Å². The number of hydrogen-bond donors (Lipinski definition) is 2. The van der Waals surface area contributed by atoms with Crippen LogP contribution >= 0.6 is 0 Å². The average Bonchev–Trinajstić information content (AvgIpc) is 3.29. The number of hydrogen-bond acceptors (Lipinski definition) is 7. The van der Waals surface area contributed by atoms with Gasteiger partial charge in [0.25, 0.3) is 11.8 Å². The summed E-state index contributed by atoms with van der Waals surface area (Å²) in [4.78, 5) is 43.0. The molecular formula is C25H27N7O2. The third-order valence-electron chi connectivity index (χ3n) is 6.21. The van der Waals surface area contributed by atoms with Gasteiger partial charge in [0.2, 0.25) is 5.95 Å². The molecule has 0 saturated carbocycles. The largest absolute Gasteiger partial charge is 0.354 e. The molecular weight excluding hydrogens is 430 g/mol. The first-order chi connectivity index (χ1) is 16.6. The minimum atomic E-state index is -0.210. The van der Waals surface area contributed by atoms with Crippen LogP contribution in [0.25, 0.3) is 0 Å². The lowest BCUT2D eigenvalue weighted by atomic mass is 10.1. The van der Waals surface area contributed by atoms with E-state index in [4.69, 9.17) is 0 Å². The van der Waals surface area contributed by atoms with Crippen LogP contribution in [0.15, 0.2) is 55.0 Å². The number of nitrogens with zero attached hydrogens (tertiary/aromatic N) is 5. The number of pyridine rings is 1. The van der Waals surface area contributed by atoms with Crippen molar-refractivity contribution in [3.63, 3.8) is 0 Å². The van der Waals surface area contributed by atoms with E-state index >= 15 is 0 Å². The van der Waals surface area contributed by atoms with Crippen LogP contribution in [-0.2, 0) is 6.54 Å². The molecule has 1 fully saturated rings. The van der Waals surface area contributed by atoms with E-state index in [1.54, 1.807) is 24.5 Å². The molecule has 1 saturated heterocycles. The molecule has 2 N–H and O–H groups in total. The third kappa shape index (κ3) is 4.41. The minimum absolute atomic E-state index is 0.0543. The molecule has 4 heterocycles. The third-order valence-corrected chi connectivity index (χ3v) is 6.21. The maximum atomic E-state index is 13.4. The van der Waals surface area contributed by atoms with Crippen molar-refractivity contribution < 1.29 is 9.59 Å². The Hall–Kier alpha value is -4.01. The Kier molecular flexibility index (Phi) is 6.07. The van der Waals surface area contributed by atoms with E-state index in [9.17, 15) is 9.59 Å². The topological polar surface area (TPSA) is 103 Å². The Balaban J connectivity index is 1.33. The fourth-order valence-electron chi connectivity index (χ4n) is 4.55. The molecule has 0 aliphatic carbocycles. The summed E-state index contributed by atoms with van der Waals surface area (Å²) in [6.45, 7) is 4.74. The van der Waals surface area contributed by atoms with Crippen molar-refractivity contribution in [1.82, 2.24) is 19.9 Å². The van der Waals surface area contributed by atoms with Crippen LogP contribution in [0, 0.1) is 0 Å². The van der Waals surface area contributed by atoms with Gasteiger partial charge in [-0.25, -0.2) is 4.98 Å². The van der Waals surface area contributed by atoms with Crippen LogP contribution in [-0.4, -0.2) is 57.3 Å². The highest BCUT2D eigenvalue weighted by Crippen LogP contribution is 2.32. The molecule has 5 rings (SSSR count). The van der Waals surface area contributed by atoms with Gasteiger partial charge in [0, 0.05) is 56.5 Å². The quantitative estimate of drug-likeness (QED) is 0.586. The van der Waals surface area contributed by atoms with Gasteiger partial charge < -0.3 is 20.4 Å². The van der Waals surface area contributed by atoms with E-state index < -0.39 is 0 Å². The van der Waals surface area contributed by atoms with Gasteiger partial charge in [-0.05, 0) is 49.6 Å². The molecule has 3 aromatic rings. The zero-order valence-corrected chi connectivity index (χ0v) is 19.1. The molecule has 0 spiro atoms. The molecule has 2 aliphatic heterocycles. The molecule has 2 amide bonds. The lowest BCUT2D eigenvalue weighted by Crippen LogP contribution is -2.39. The molecule has 0 bridgehead atoms. The maximum Gasteiger partial charge on any atom is 0.259 e. The molecule has 2 aliphatic rings. The molecule has 174 valence electrons. The highest BCUT2D eigenvalue weighted by molar-refractivity contribution is 6.04. The van der Waals surface area contributed by atoms with E-state index in [1.807, 2.05) is 36.1 Å². The van der Waals surface area contributed by atoms with Crippen LogP contribution in [0.5, 0.6) is 0 Å². The maximum absolute atomic E-state index is 13.4. The molecule has 0 radical (unpaired) electrons. The van der Waals surface area contributed by atoms with Gasteiger partial charge in [0.1, 0.15) is 11.4 Å². The number of anilines is 3. The van der Waals surface area contributed by atoms with E-state index in [1.165, 1.54) is 6.20 Å². The van der Waals surface area contributed by atoms with Crippen molar-refractivity contribution in [3.8, 4) is 0 Å². The van der Waals surface area contributed by atoms with Gasteiger partial charge in [0.05, 0.1) is 5.56 Å². The Morgan fingerprint density at radius 1 is 1.18 bits per heavy atom. The number of carbonyl (C=O) groups excluding carboxylic acids is 2. The van der Waals surface area contributed by atoms with Gasteiger partial charge >= 0.3 is 0 Å². The number of fused-ring (bicyclic) bond motifs is 3. The van der Waals surface area contributed by atoms with E-state index in [-0.39, 0.29) is 17.9 Å². The van der Waals surface area contributed by atoms with Crippen LogP contribution < -0.4 is 15.5 Å². The zero-order chi connectivity index (χ0) is 23.5. The second kappa shape index (κ2) is 9.46. The molecule has 9 nitrogen and oxygen atoms in total. The lowest BCUT2D eigenvalue weighted by Gasteiger charge is -2.27. The fourth-order valence-corrected chi connectivity index (χ4v) is 4.55. The normalized spacial score (nSPS) is 17.1. The van der Waals surface area contributed by atoms with Gasteiger partial charge in [-0.2, -0.15) is 4.98 Å². The first-order valence-electron chi connectivity index (χ1n) is 11.6. The summed E-state index contributed by atoms with van der Waals surface area (Å²) in [5.41, 5.74) is 2.73. The smallest absolute Gasteiger partial charge is 0.259 e. The molecule has 1 unspecified atom stereocenters. The standard InChI is InChI=1S/C25H27N7O2/c1-2-27-25-28-14-21-22(30-25)32-12-4-6-20(32)16-31(24(21)34)15-17-7-9-19(10-8-17)29-23(33)18-5-3-11-26-13-18/h3,5,7-11,13-14,20H,2,4,6,12,15-16H2,1H3,(H,29,33)(H,27,28,30). The zero-order valence-electron chi connectivity index (χ0n) is 19.1. The van der Waals surface area contributed by atoms with Crippen molar-refractivity contribution in [1.29, 1.82) is 0 Å². The summed E-state index contributed by atoms with van der Waals surface area (Å²) >= 11 is 0. The summed E-state index contributed by atoms with van der Waals surface area (Å²) in [6, 6.07) is 11.3. The van der Waals surface area contributed by atoms with Gasteiger partial charge in [-0.3, -0.25) is 14.6 Å². The van der Waals surface area contributed by atoms with Crippen molar-refractivity contribution in [3.05, 3.63) is 71.7 Å². The number of nitrogens with one attached hydrogen (secondary N) is 2. The second-order valence-corrected chi connectivity index (χ2v) is 8.53. The van der Waals surface area contributed by atoms with Crippen LogP contribution in [0.4, 0.5) is 17.5 Å². The predicted octanol–water partition coefficient (Wildman–Crippen LogP) is 3.18. The lowest BCUT2D eigenvalue weighted by molar-refractivity contribution is 0.0741. The molecule has 34 heavy (non-hydrogen) atoms. The highest BCUT2D eigenvalue weighted by Gasteiger charge is 2.36. The summed E-state index contributed by atoms with van der Waals surface area (Å²) < 4.78 is 0. The van der Waals surface area contributed by atoms with Crippen LogP contribution in [0.2, 0.25) is 0 Å². The second-order valence-electron chi connectivity index (χ2n) is 8.53. The average molecular weight is 458 g/mol. The predicted molar refractivity (Wildman–Crippen MR) is 130 cm³/mol. The summed E-state index contributed by atoms with van der Waals surface area (Å²) in [6.07, 6.45) is 6.92. The van der Waals surface area contributed by atoms with Gasteiger partial charge in [-0.15, -0.1) is 0 Å². The Morgan fingerprint density at radius 2 is 2.03 bits per heavy atom. The summed E-state index contributed by atoms with van der Waals surface area (Å²) in [7, 11) is 0. The monoisotopic (exact) mass is 457 g/mol. The molecule has 1 atom stereocenters. The van der Waals surface area contributed by atoms with Crippen LogP contribution in [0.1, 0.15) is 46.0 Å². The van der Waals surface area contributed by atoms with E-state index in [0.29, 0.717) is 35.9 Å². The van der Waals surface area contributed by atoms with Gasteiger partial charge in [0.15, 0.2) is 0 Å². The van der Waals surface area contributed by atoms with Crippen molar-refractivity contribution in [2.45, 2.75) is 32.4 Å². The fraction of sp³-hybridized carbons (Fsp3) is 0.320. The SMILES string of the molecule is CCNc1ncc2c(n1)N1CCCC1CN(Cc1ccc(NC(=O)c3cccnc3)cc1)C2=O. The number of aromatic nitrogens is 3. The number of carbonyl (C=O) groups is 2. The summed E-state index contributed by atoms with van der Waals surface area (Å²) in [5.74, 6) is 1.02. The van der Waals surface area contributed by atoms with E-state index in [2.05, 4.69) is 30.5 Å². The van der Waals surface area contributed by atoms with Crippen molar-refractivity contribution >= 4 is 29.3 Å².